The molecule has 1 aromatic rings. The van der Waals surface area contributed by atoms with E-state index in [2.05, 4.69) is 10.2 Å². The number of likely N-dealkylation sites (tertiary alicyclic amines) is 2. The largest absolute Gasteiger partial charge is 0.496 e. The fourth-order valence-electron chi connectivity index (χ4n) is 4.66. The molecule has 2 saturated heterocycles. The van der Waals surface area contributed by atoms with Crippen LogP contribution in [0.4, 0.5) is 5.69 Å². The smallest absolute Gasteiger partial charge is 0.255 e. The van der Waals surface area contributed by atoms with Crippen molar-refractivity contribution in [2.24, 2.45) is 0 Å². The normalized spacial score (nSPS) is 21.6. The predicted octanol–water partition coefficient (Wildman–Crippen LogP) is 2.93. The van der Waals surface area contributed by atoms with Crippen LogP contribution in [0.1, 0.15) is 55.3 Å². The number of piperidine rings is 2. The van der Waals surface area contributed by atoms with Crippen molar-refractivity contribution in [1.29, 1.82) is 0 Å². The first-order valence-electron chi connectivity index (χ1n) is 11.9. The Morgan fingerprint density at radius 3 is 2.61 bits per heavy atom. The molecule has 0 aromatic heterocycles. The number of benzene rings is 1. The second-order valence-corrected chi connectivity index (χ2v) is 9.32. The van der Waals surface area contributed by atoms with Crippen molar-refractivity contribution in [2.45, 2.75) is 57.1 Å². The van der Waals surface area contributed by atoms with Crippen LogP contribution in [-0.2, 0) is 9.53 Å². The molecule has 0 spiro atoms. The average molecular weight is 481 g/mol. The molecule has 3 rings (SSSR count). The monoisotopic (exact) mass is 480 g/mol. The minimum atomic E-state index is -0.259. The molecule has 0 radical (unpaired) electrons. The van der Waals surface area contributed by atoms with Crippen molar-refractivity contribution >= 4 is 29.1 Å². The van der Waals surface area contributed by atoms with Crippen LogP contribution < -0.4 is 15.8 Å². The summed E-state index contributed by atoms with van der Waals surface area (Å²) >= 11 is 6.11. The van der Waals surface area contributed by atoms with Crippen LogP contribution in [-0.4, -0.2) is 80.7 Å². The third kappa shape index (κ3) is 6.98. The summed E-state index contributed by atoms with van der Waals surface area (Å²) in [7, 11) is 3.17. The number of ether oxygens (including phenoxy) is 2. The van der Waals surface area contributed by atoms with Gasteiger partial charge in [0.15, 0.2) is 0 Å². The van der Waals surface area contributed by atoms with Crippen molar-refractivity contribution in [1.82, 2.24) is 15.1 Å². The lowest BCUT2D eigenvalue weighted by molar-refractivity contribution is -0.132. The molecule has 8 nitrogen and oxygen atoms in total. The number of carbonyl (C=O) groups excluding carboxylic acids is 2. The third-order valence-electron chi connectivity index (χ3n) is 6.65. The number of anilines is 1. The van der Waals surface area contributed by atoms with Crippen LogP contribution in [0.15, 0.2) is 12.1 Å². The molecule has 2 amide bonds. The zero-order valence-corrected chi connectivity index (χ0v) is 20.5. The maximum Gasteiger partial charge on any atom is 0.255 e. The topological polar surface area (TPSA) is 97.1 Å². The first-order chi connectivity index (χ1) is 15.9. The number of rotatable bonds is 9. The summed E-state index contributed by atoms with van der Waals surface area (Å²) in [5.41, 5.74) is 6.54. The molecule has 2 heterocycles. The van der Waals surface area contributed by atoms with Crippen molar-refractivity contribution in [3.05, 3.63) is 22.7 Å². The first kappa shape index (κ1) is 25.6. The molecule has 2 atom stereocenters. The number of unbranched alkanes of at least 4 members (excludes halogenated alkanes) is 1. The van der Waals surface area contributed by atoms with E-state index in [4.69, 9.17) is 26.8 Å². The number of nitrogens with zero attached hydrogens (tertiary/aromatic N) is 2. The molecular formula is C24H37ClN4O4. The Hall–Kier alpha value is -2.03. The summed E-state index contributed by atoms with van der Waals surface area (Å²) in [5.74, 6) is 0.425. The molecule has 184 valence electrons. The fraction of sp³-hybridized carbons (Fsp3) is 0.667. The van der Waals surface area contributed by atoms with Gasteiger partial charge in [0, 0.05) is 45.8 Å². The van der Waals surface area contributed by atoms with E-state index in [0.717, 1.165) is 64.8 Å². The number of methoxy groups -OCH3 is 2. The molecular weight excluding hydrogens is 444 g/mol. The number of nitrogen functional groups attached to an aromatic ring is 1. The van der Waals surface area contributed by atoms with Crippen LogP contribution in [0.3, 0.4) is 0 Å². The Morgan fingerprint density at radius 1 is 1.15 bits per heavy atom. The highest BCUT2D eigenvalue weighted by atomic mass is 35.5. The van der Waals surface area contributed by atoms with Crippen molar-refractivity contribution in [2.75, 3.05) is 52.7 Å². The van der Waals surface area contributed by atoms with E-state index in [-0.39, 0.29) is 18.1 Å². The summed E-state index contributed by atoms with van der Waals surface area (Å²) in [6, 6.07) is 2.98. The average Bonchev–Trinajstić information content (AvgIpc) is 2.84. The quantitative estimate of drug-likeness (QED) is 0.416. The maximum atomic E-state index is 12.9. The number of nitrogens with two attached hydrogens (primary N) is 1. The highest BCUT2D eigenvalue weighted by Crippen LogP contribution is 2.29. The Kier molecular flexibility index (Phi) is 9.64. The zero-order valence-electron chi connectivity index (χ0n) is 19.8. The van der Waals surface area contributed by atoms with Crippen molar-refractivity contribution < 1.29 is 19.1 Å². The lowest BCUT2D eigenvalue weighted by atomic mass is 10.00. The van der Waals surface area contributed by atoms with E-state index in [9.17, 15) is 9.59 Å². The Morgan fingerprint density at radius 2 is 1.91 bits per heavy atom. The van der Waals surface area contributed by atoms with Crippen molar-refractivity contribution in [3.8, 4) is 5.75 Å². The second kappa shape index (κ2) is 12.4. The van der Waals surface area contributed by atoms with E-state index in [1.807, 2.05) is 4.90 Å². The summed E-state index contributed by atoms with van der Waals surface area (Å²) in [6.07, 6.45) is 6.68. The van der Waals surface area contributed by atoms with Crippen LogP contribution >= 0.6 is 11.6 Å². The fourth-order valence-corrected chi connectivity index (χ4v) is 4.83. The van der Waals surface area contributed by atoms with Gasteiger partial charge in [-0.2, -0.15) is 0 Å². The lowest BCUT2D eigenvalue weighted by Crippen LogP contribution is -2.54. The minimum Gasteiger partial charge on any atom is -0.496 e. The lowest BCUT2D eigenvalue weighted by Gasteiger charge is -2.38. The van der Waals surface area contributed by atoms with Gasteiger partial charge in [0.2, 0.25) is 5.91 Å². The van der Waals surface area contributed by atoms with Crippen LogP contribution in [0, 0.1) is 0 Å². The molecule has 33 heavy (non-hydrogen) atoms. The Bertz CT molecular complexity index is 816. The molecule has 3 N–H and O–H groups in total. The minimum absolute atomic E-state index is 0.111. The number of nitrogens with one attached hydrogen (secondary N) is 1. The maximum absolute atomic E-state index is 12.9. The van der Waals surface area contributed by atoms with Gasteiger partial charge in [-0.15, -0.1) is 0 Å². The third-order valence-corrected chi connectivity index (χ3v) is 6.98. The van der Waals surface area contributed by atoms with Crippen molar-refractivity contribution in [3.63, 3.8) is 0 Å². The number of hydrogen-bond donors (Lipinski definition) is 2. The van der Waals surface area contributed by atoms with Gasteiger partial charge in [0.05, 0.1) is 35.5 Å². The van der Waals surface area contributed by atoms with Gasteiger partial charge >= 0.3 is 0 Å². The predicted molar refractivity (Wildman–Crippen MR) is 130 cm³/mol. The molecule has 0 aliphatic carbocycles. The first-order valence-corrected chi connectivity index (χ1v) is 12.3. The number of amides is 2. The van der Waals surface area contributed by atoms with E-state index in [1.54, 1.807) is 13.2 Å². The second-order valence-electron chi connectivity index (χ2n) is 8.92. The SMILES string of the molecule is COc1cc(N)c(Cl)cc1C(=O)N[C@@H]1CCN(CCCCC(=O)N2CCCCC2)C[C@@H]1OC. The van der Waals surface area contributed by atoms with Crippen LogP contribution in [0.25, 0.3) is 0 Å². The van der Waals surface area contributed by atoms with Gasteiger partial charge in [-0.25, -0.2) is 0 Å². The molecule has 9 heteroatoms. The zero-order chi connectivity index (χ0) is 23.8. The molecule has 0 saturated carbocycles. The molecule has 1 aromatic carbocycles. The molecule has 0 unspecified atom stereocenters. The van der Waals surface area contributed by atoms with Gasteiger partial charge in [0.1, 0.15) is 5.75 Å². The Balaban J connectivity index is 1.45. The summed E-state index contributed by atoms with van der Waals surface area (Å²) in [6.45, 7) is 4.37. The highest BCUT2D eigenvalue weighted by Gasteiger charge is 2.31. The van der Waals surface area contributed by atoms with Crippen LogP contribution in [0.2, 0.25) is 5.02 Å². The van der Waals surface area contributed by atoms with Gasteiger partial charge in [-0.1, -0.05) is 11.6 Å². The van der Waals surface area contributed by atoms with E-state index < -0.39 is 0 Å². The Labute approximate surface area is 201 Å². The summed E-state index contributed by atoms with van der Waals surface area (Å²) in [4.78, 5) is 29.6. The molecule has 2 aliphatic rings. The van der Waals surface area contributed by atoms with Gasteiger partial charge in [-0.05, 0) is 51.1 Å². The highest BCUT2D eigenvalue weighted by molar-refractivity contribution is 6.33. The number of hydrogen-bond acceptors (Lipinski definition) is 6. The molecule has 2 aliphatic heterocycles. The molecule has 0 bridgehead atoms. The summed E-state index contributed by atoms with van der Waals surface area (Å²) in [5, 5.41) is 3.39. The number of halogens is 1. The van der Waals surface area contributed by atoms with Gasteiger partial charge in [0.25, 0.3) is 5.91 Å². The standard InChI is InChI=1S/C24H37ClN4O4/c1-32-21-15-19(26)18(25)14-17(21)24(31)27-20-9-13-28(16-22(20)33-2)10-7-4-8-23(30)29-11-5-3-6-12-29/h14-15,20,22H,3-13,16,26H2,1-2H3,(H,27,31)/t20-,22+/m1/s1. The van der Waals surface area contributed by atoms with E-state index in [1.165, 1.54) is 19.6 Å². The summed E-state index contributed by atoms with van der Waals surface area (Å²) < 4.78 is 11.0. The van der Waals surface area contributed by atoms with Crippen LogP contribution in [0.5, 0.6) is 5.75 Å². The van der Waals surface area contributed by atoms with Gasteiger partial charge in [-0.3, -0.25) is 9.59 Å². The van der Waals surface area contributed by atoms with E-state index >= 15 is 0 Å². The molecule has 2 fully saturated rings. The van der Waals surface area contributed by atoms with Gasteiger partial charge < -0.3 is 30.3 Å². The number of carbonyl (C=O) groups is 2. The van der Waals surface area contributed by atoms with E-state index in [0.29, 0.717) is 34.4 Å².